The Kier molecular flexibility index (Phi) is 4.13. The molecule has 1 atom stereocenters. The largest absolute Gasteiger partial charge is 0.469 e. The fraction of sp³-hybridized carbons (Fsp3) is 0.412. The van der Waals surface area contributed by atoms with Crippen LogP contribution in [-0.4, -0.2) is 42.0 Å². The molecule has 1 N–H and O–H groups in total. The van der Waals surface area contributed by atoms with E-state index < -0.39 is 0 Å². The molecular formula is C17H20N2O3. The summed E-state index contributed by atoms with van der Waals surface area (Å²) in [6, 6.07) is 8.21. The van der Waals surface area contributed by atoms with Crippen molar-refractivity contribution in [1.82, 2.24) is 9.88 Å². The number of nitrogens with one attached hydrogen (secondary N) is 1. The second-order valence-corrected chi connectivity index (χ2v) is 5.73. The van der Waals surface area contributed by atoms with Crippen LogP contribution in [0, 0.1) is 5.92 Å². The van der Waals surface area contributed by atoms with Crippen LogP contribution in [0.4, 0.5) is 0 Å². The topological polar surface area (TPSA) is 62.4 Å². The predicted octanol–water partition coefficient (Wildman–Crippen LogP) is 2.12. The predicted molar refractivity (Wildman–Crippen MR) is 83.3 cm³/mol. The second-order valence-electron chi connectivity index (χ2n) is 5.73. The van der Waals surface area contributed by atoms with Crippen LogP contribution in [0.2, 0.25) is 0 Å². The standard InChI is InChI=1S/C17H20N2O3/c1-22-17(21)13-9-16(20)19(11-13)8-4-5-12-10-18-15-7-3-2-6-14(12)15/h2-3,6-7,10,13,18H,4-5,8-9,11H2,1H3. The van der Waals surface area contributed by atoms with Crippen molar-refractivity contribution in [3.8, 4) is 0 Å². The summed E-state index contributed by atoms with van der Waals surface area (Å²) in [6.45, 7) is 1.17. The van der Waals surface area contributed by atoms with E-state index in [1.54, 1.807) is 4.90 Å². The molecule has 0 spiro atoms. The maximum absolute atomic E-state index is 11.9. The molecule has 1 amide bonds. The van der Waals surface area contributed by atoms with Gasteiger partial charge in [-0.2, -0.15) is 0 Å². The summed E-state index contributed by atoms with van der Waals surface area (Å²) in [4.78, 5) is 28.5. The minimum absolute atomic E-state index is 0.0503. The van der Waals surface area contributed by atoms with E-state index in [2.05, 4.69) is 17.1 Å². The van der Waals surface area contributed by atoms with Crippen molar-refractivity contribution in [2.24, 2.45) is 5.92 Å². The molecule has 5 heteroatoms. The summed E-state index contributed by atoms with van der Waals surface area (Å²) in [7, 11) is 1.37. The van der Waals surface area contributed by atoms with Gasteiger partial charge < -0.3 is 14.6 Å². The van der Waals surface area contributed by atoms with Crippen LogP contribution in [0.25, 0.3) is 10.9 Å². The first-order valence-corrected chi connectivity index (χ1v) is 7.59. The Hall–Kier alpha value is -2.30. The third kappa shape index (κ3) is 2.84. The van der Waals surface area contributed by atoms with Crippen LogP contribution < -0.4 is 0 Å². The van der Waals surface area contributed by atoms with Crippen LogP contribution in [0.1, 0.15) is 18.4 Å². The Bertz CT molecular complexity index is 692. The number of carbonyl (C=O) groups excluding carboxylic acids is 2. The highest BCUT2D eigenvalue weighted by molar-refractivity contribution is 5.86. The zero-order valence-corrected chi connectivity index (χ0v) is 12.7. The average Bonchev–Trinajstić information content (AvgIpc) is 3.11. The van der Waals surface area contributed by atoms with E-state index >= 15 is 0 Å². The number of para-hydroxylation sites is 1. The van der Waals surface area contributed by atoms with Crippen molar-refractivity contribution in [1.29, 1.82) is 0 Å². The lowest BCUT2D eigenvalue weighted by Crippen LogP contribution is -2.27. The van der Waals surface area contributed by atoms with Gasteiger partial charge in [-0.3, -0.25) is 9.59 Å². The van der Waals surface area contributed by atoms with E-state index in [4.69, 9.17) is 4.74 Å². The van der Waals surface area contributed by atoms with Gasteiger partial charge in [0.1, 0.15) is 0 Å². The highest BCUT2D eigenvalue weighted by Crippen LogP contribution is 2.21. The van der Waals surface area contributed by atoms with E-state index in [0.29, 0.717) is 13.1 Å². The molecule has 1 aliphatic heterocycles. The Morgan fingerprint density at radius 3 is 3.05 bits per heavy atom. The fourth-order valence-corrected chi connectivity index (χ4v) is 3.11. The maximum atomic E-state index is 11.9. The van der Waals surface area contributed by atoms with Gasteiger partial charge in [-0.15, -0.1) is 0 Å². The number of benzene rings is 1. The minimum atomic E-state index is -0.300. The molecule has 1 saturated heterocycles. The molecule has 0 bridgehead atoms. The number of nitrogens with zero attached hydrogens (tertiary/aromatic N) is 1. The fourth-order valence-electron chi connectivity index (χ4n) is 3.11. The summed E-state index contributed by atoms with van der Waals surface area (Å²) in [6.07, 6.45) is 4.12. The van der Waals surface area contributed by atoms with Crippen molar-refractivity contribution >= 4 is 22.8 Å². The first kappa shape index (κ1) is 14.6. The van der Waals surface area contributed by atoms with E-state index in [1.807, 2.05) is 18.3 Å². The van der Waals surface area contributed by atoms with Gasteiger partial charge in [-0.05, 0) is 24.5 Å². The molecule has 1 aliphatic rings. The van der Waals surface area contributed by atoms with Gasteiger partial charge in [-0.1, -0.05) is 18.2 Å². The van der Waals surface area contributed by atoms with Crippen LogP contribution in [-0.2, 0) is 20.7 Å². The van der Waals surface area contributed by atoms with Gasteiger partial charge in [0.2, 0.25) is 5.91 Å². The molecule has 5 nitrogen and oxygen atoms in total. The maximum Gasteiger partial charge on any atom is 0.310 e. The average molecular weight is 300 g/mol. The quantitative estimate of drug-likeness (QED) is 0.860. The number of esters is 1. The summed E-state index contributed by atoms with van der Waals surface area (Å²) >= 11 is 0. The molecule has 1 aromatic heterocycles. The molecule has 3 rings (SSSR count). The lowest BCUT2D eigenvalue weighted by molar-refractivity contribution is -0.145. The Labute approximate surface area is 129 Å². The number of rotatable bonds is 5. The molecule has 1 fully saturated rings. The first-order valence-electron chi connectivity index (χ1n) is 7.59. The normalized spacial score (nSPS) is 18.1. The molecular weight excluding hydrogens is 280 g/mol. The van der Waals surface area contributed by atoms with Crippen LogP contribution in [0.3, 0.4) is 0 Å². The van der Waals surface area contributed by atoms with Gasteiger partial charge in [0, 0.05) is 36.6 Å². The smallest absolute Gasteiger partial charge is 0.310 e. The third-order valence-corrected chi connectivity index (χ3v) is 4.30. The number of methoxy groups -OCH3 is 1. The van der Waals surface area contributed by atoms with Crippen molar-refractivity contribution in [3.63, 3.8) is 0 Å². The highest BCUT2D eigenvalue weighted by atomic mass is 16.5. The number of H-pyrrole nitrogens is 1. The number of aromatic nitrogens is 1. The van der Waals surface area contributed by atoms with Crippen molar-refractivity contribution < 1.29 is 14.3 Å². The number of likely N-dealkylation sites (tertiary alicyclic amines) is 1. The van der Waals surface area contributed by atoms with Gasteiger partial charge in [0.15, 0.2) is 0 Å². The second kappa shape index (κ2) is 6.22. The SMILES string of the molecule is COC(=O)C1CC(=O)N(CCCc2c[nH]c3ccccc23)C1. The summed E-state index contributed by atoms with van der Waals surface area (Å²) in [5.41, 5.74) is 2.41. The van der Waals surface area contributed by atoms with Gasteiger partial charge in [-0.25, -0.2) is 0 Å². The van der Waals surface area contributed by atoms with Gasteiger partial charge >= 0.3 is 5.97 Å². The lowest BCUT2D eigenvalue weighted by Gasteiger charge is -2.15. The summed E-state index contributed by atoms with van der Waals surface area (Å²) in [5.74, 6) is -0.535. The van der Waals surface area contributed by atoms with Crippen molar-refractivity contribution in [3.05, 3.63) is 36.0 Å². The number of amides is 1. The summed E-state index contributed by atoms with van der Waals surface area (Å²) < 4.78 is 4.72. The van der Waals surface area contributed by atoms with Gasteiger partial charge in [0.25, 0.3) is 0 Å². The molecule has 0 saturated carbocycles. The number of hydrogen-bond donors (Lipinski definition) is 1. The van der Waals surface area contributed by atoms with Crippen LogP contribution >= 0.6 is 0 Å². The van der Waals surface area contributed by atoms with E-state index in [1.165, 1.54) is 18.1 Å². The molecule has 2 heterocycles. The number of fused-ring (bicyclic) bond motifs is 1. The Morgan fingerprint density at radius 2 is 2.23 bits per heavy atom. The van der Waals surface area contributed by atoms with E-state index in [0.717, 1.165) is 18.4 Å². The van der Waals surface area contributed by atoms with E-state index in [-0.39, 0.29) is 24.2 Å². The number of carbonyl (C=O) groups is 2. The van der Waals surface area contributed by atoms with E-state index in [9.17, 15) is 9.59 Å². The molecule has 0 radical (unpaired) electrons. The molecule has 1 unspecified atom stereocenters. The lowest BCUT2D eigenvalue weighted by atomic mass is 10.1. The van der Waals surface area contributed by atoms with Gasteiger partial charge in [0.05, 0.1) is 13.0 Å². The van der Waals surface area contributed by atoms with Crippen LogP contribution in [0.15, 0.2) is 30.5 Å². The zero-order chi connectivity index (χ0) is 15.5. The molecule has 1 aromatic carbocycles. The number of hydrogen-bond acceptors (Lipinski definition) is 3. The zero-order valence-electron chi connectivity index (χ0n) is 12.7. The van der Waals surface area contributed by atoms with Crippen molar-refractivity contribution in [2.75, 3.05) is 20.2 Å². The van der Waals surface area contributed by atoms with Crippen molar-refractivity contribution in [2.45, 2.75) is 19.3 Å². The Morgan fingerprint density at radius 1 is 1.41 bits per heavy atom. The number of aromatic amines is 1. The highest BCUT2D eigenvalue weighted by Gasteiger charge is 2.34. The summed E-state index contributed by atoms with van der Waals surface area (Å²) in [5, 5.41) is 1.24. The molecule has 22 heavy (non-hydrogen) atoms. The Balaban J connectivity index is 1.55. The number of aryl methyl sites for hydroxylation is 1. The monoisotopic (exact) mass is 300 g/mol. The molecule has 0 aliphatic carbocycles. The van der Waals surface area contributed by atoms with Crippen LogP contribution in [0.5, 0.6) is 0 Å². The third-order valence-electron chi connectivity index (χ3n) is 4.30. The minimum Gasteiger partial charge on any atom is -0.469 e. The molecule has 2 aromatic rings. The molecule has 116 valence electrons. The number of ether oxygens (including phenoxy) is 1. The first-order chi connectivity index (χ1) is 10.7.